The Kier molecular flexibility index (Phi) is 7.02. The van der Waals surface area contributed by atoms with Gasteiger partial charge in [-0.3, -0.25) is 14.9 Å². The number of amides is 1. The van der Waals surface area contributed by atoms with Crippen molar-refractivity contribution in [1.82, 2.24) is 9.88 Å². The molecule has 0 aliphatic heterocycles. The number of nitrogens with zero attached hydrogens (tertiary/aromatic N) is 3. The molecule has 7 nitrogen and oxygen atoms in total. The van der Waals surface area contributed by atoms with E-state index in [4.69, 9.17) is 16.3 Å². The first-order valence-electron chi connectivity index (χ1n) is 9.11. The SMILES string of the molecule is Cc1ccc(OCc2nc(CC(=O)N(C)Cc3cc([N+](=O)[O-])ccc3Cl)cs2)cc1. The van der Waals surface area contributed by atoms with Gasteiger partial charge in [0, 0.05) is 36.1 Å². The van der Waals surface area contributed by atoms with Crippen molar-refractivity contribution >= 4 is 34.5 Å². The maximum Gasteiger partial charge on any atom is 0.269 e. The minimum Gasteiger partial charge on any atom is -0.486 e. The number of likely N-dealkylation sites (N-methyl/N-ethyl adjacent to an activating group) is 1. The molecule has 156 valence electrons. The van der Waals surface area contributed by atoms with Crippen LogP contribution in [0.3, 0.4) is 0 Å². The first-order valence-corrected chi connectivity index (χ1v) is 10.4. The lowest BCUT2D eigenvalue weighted by Crippen LogP contribution is -2.28. The molecule has 1 aromatic heterocycles. The van der Waals surface area contributed by atoms with Crippen molar-refractivity contribution < 1.29 is 14.5 Å². The van der Waals surface area contributed by atoms with Gasteiger partial charge in [0.05, 0.1) is 17.0 Å². The Balaban J connectivity index is 1.56. The van der Waals surface area contributed by atoms with Crippen LogP contribution < -0.4 is 4.74 Å². The Morgan fingerprint density at radius 3 is 2.70 bits per heavy atom. The van der Waals surface area contributed by atoms with Crippen molar-refractivity contribution in [3.63, 3.8) is 0 Å². The minimum absolute atomic E-state index is 0.0621. The number of hydrogen-bond donors (Lipinski definition) is 0. The number of halogens is 1. The molecule has 0 N–H and O–H groups in total. The Hall–Kier alpha value is -2.97. The molecule has 0 radical (unpaired) electrons. The van der Waals surface area contributed by atoms with Gasteiger partial charge in [0.15, 0.2) is 0 Å². The lowest BCUT2D eigenvalue weighted by molar-refractivity contribution is -0.384. The lowest BCUT2D eigenvalue weighted by atomic mass is 10.2. The van der Waals surface area contributed by atoms with E-state index in [9.17, 15) is 14.9 Å². The van der Waals surface area contributed by atoms with Crippen LogP contribution in [0.15, 0.2) is 47.8 Å². The molecular weight excluding hydrogens is 426 g/mol. The summed E-state index contributed by atoms with van der Waals surface area (Å²) in [6, 6.07) is 11.9. The first kappa shape index (κ1) is 21.7. The van der Waals surface area contributed by atoms with Crippen molar-refractivity contribution in [1.29, 1.82) is 0 Å². The zero-order chi connectivity index (χ0) is 21.7. The van der Waals surface area contributed by atoms with E-state index in [-0.39, 0.29) is 24.6 Å². The molecule has 0 spiro atoms. The predicted molar refractivity (Wildman–Crippen MR) is 116 cm³/mol. The third-order valence-corrected chi connectivity index (χ3v) is 5.63. The van der Waals surface area contributed by atoms with Gasteiger partial charge in [0.1, 0.15) is 17.4 Å². The summed E-state index contributed by atoms with van der Waals surface area (Å²) < 4.78 is 5.72. The van der Waals surface area contributed by atoms with Gasteiger partial charge in [-0.05, 0) is 30.7 Å². The van der Waals surface area contributed by atoms with E-state index < -0.39 is 4.92 Å². The number of carbonyl (C=O) groups is 1. The third kappa shape index (κ3) is 5.77. The highest BCUT2D eigenvalue weighted by molar-refractivity contribution is 7.09. The zero-order valence-corrected chi connectivity index (χ0v) is 18.1. The van der Waals surface area contributed by atoms with E-state index in [1.807, 2.05) is 36.6 Å². The van der Waals surface area contributed by atoms with E-state index >= 15 is 0 Å². The van der Waals surface area contributed by atoms with E-state index in [2.05, 4.69) is 4.98 Å². The second-order valence-electron chi connectivity index (χ2n) is 6.79. The molecule has 1 heterocycles. The smallest absolute Gasteiger partial charge is 0.269 e. The summed E-state index contributed by atoms with van der Waals surface area (Å²) in [6.07, 6.45) is 0.129. The van der Waals surface area contributed by atoms with Crippen LogP contribution in [0.5, 0.6) is 5.75 Å². The Labute approximate surface area is 183 Å². The number of ether oxygens (including phenoxy) is 1. The van der Waals surface area contributed by atoms with Gasteiger partial charge in [0.25, 0.3) is 5.69 Å². The summed E-state index contributed by atoms with van der Waals surface area (Å²) in [7, 11) is 1.63. The van der Waals surface area contributed by atoms with Crippen LogP contribution in [0.2, 0.25) is 5.02 Å². The summed E-state index contributed by atoms with van der Waals surface area (Å²) in [5.74, 6) is 0.607. The highest BCUT2D eigenvalue weighted by Gasteiger charge is 2.16. The monoisotopic (exact) mass is 445 g/mol. The largest absolute Gasteiger partial charge is 0.486 e. The second-order valence-corrected chi connectivity index (χ2v) is 8.14. The molecule has 0 saturated carbocycles. The maximum atomic E-state index is 12.5. The molecule has 3 aromatic rings. The molecule has 9 heteroatoms. The molecule has 2 aromatic carbocycles. The van der Waals surface area contributed by atoms with Gasteiger partial charge < -0.3 is 9.64 Å². The number of non-ortho nitro benzene ring substituents is 1. The third-order valence-electron chi connectivity index (χ3n) is 4.39. The number of nitro benzene ring substituents is 1. The van der Waals surface area contributed by atoms with Crippen LogP contribution in [0.25, 0.3) is 0 Å². The fourth-order valence-corrected chi connectivity index (χ4v) is 3.59. The number of aryl methyl sites for hydroxylation is 1. The fourth-order valence-electron chi connectivity index (χ4n) is 2.71. The quantitative estimate of drug-likeness (QED) is 0.367. The Morgan fingerprint density at radius 2 is 2.00 bits per heavy atom. The molecule has 0 saturated heterocycles. The molecule has 0 bridgehead atoms. The average Bonchev–Trinajstić information content (AvgIpc) is 3.16. The van der Waals surface area contributed by atoms with Gasteiger partial charge in [-0.25, -0.2) is 4.98 Å². The predicted octanol–water partition coefficient (Wildman–Crippen LogP) is 4.79. The summed E-state index contributed by atoms with van der Waals surface area (Å²) in [6.45, 7) is 2.52. The molecule has 3 rings (SSSR count). The summed E-state index contributed by atoms with van der Waals surface area (Å²) in [5.41, 5.74) is 2.28. The van der Waals surface area contributed by atoms with Gasteiger partial charge in [-0.1, -0.05) is 29.3 Å². The number of carbonyl (C=O) groups excluding carboxylic acids is 1. The van der Waals surface area contributed by atoms with Crippen LogP contribution in [-0.4, -0.2) is 27.8 Å². The van der Waals surface area contributed by atoms with Gasteiger partial charge in [-0.15, -0.1) is 11.3 Å². The molecule has 0 aliphatic rings. The highest BCUT2D eigenvalue weighted by Crippen LogP contribution is 2.23. The van der Waals surface area contributed by atoms with Crippen LogP contribution in [0, 0.1) is 17.0 Å². The van der Waals surface area contributed by atoms with Crippen molar-refractivity contribution in [2.24, 2.45) is 0 Å². The van der Waals surface area contributed by atoms with Crippen LogP contribution in [-0.2, 0) is 24.4 Å². The van der Waals surface area contributed by atoms with Crippen molar-refractivity contribution in [2.75, 3.05) is 7.05 Å². The molecule has 0 aliphatic carbocycles. The summed E-state index contributed by atoms with van der Waals surface area (Å²) >= 11 is 7.56. The molecule has 0 atom stereocenters. The molecule has 30 heavy (non-hydrogen) atoms. The van der Waals surface area contributed by atoms with E-state index in [0.29, 0.717) is 22.9 Å². The highest BCUT2D eigenvalue weighted by atomic mass is 35.5. The van der Waals surface area contributed by atoms with Crippen LogP contribution in [0.4, 0.5) is 5.69 Å². The number of hydrogen-bond acceptors (Lipinski definition) is 6. The normalized spacial score (nSPS) is 10.6. The van der Waals surface area contributed by atoms with Crippen molar-refractivity contribution in [3.05, 3.63) is 84.8 Å². The van der Waals surface area contributed by atoms with Gasteiger partial charge >= 0.3 is 0 Å². The van der Waals surface area contributed by atoms with Gasteiger partial charge in [-0.2, -0.15) is 0 Å². The topological polar surface area (TPSA) is 85.6 Å². The summed E-state index contributed by atoms with van der Waals surface area (Å²) in [4.78, 5) is 28.9. The number of benzene rings is 2. The molecule has 0 fully saturated rings. The second kappa shape index (κ2) is 9.69. The van der Waals surface area contributed by atoms with Crippen LogP contribution >= 0.6 is 22.9 Å². The van der Waals surface area contributed by atoms with Gasteiger partial charge in [0.2, 0.25) is 5.91 Å². The Bertz CT molecular complexity index is 1050. The number of rotatable bonds is 8. The number of nitro groups is 1. The molecular formula is C21H20ClN3O4S. The fraction of sp³-hybridized carbons (Fsp3) is 0.238. The molecule has 0 unspecified atom stereocenters. The van der Waals surface area contributed by atoms with E-state index in [1.54, 1.807) is 7.05 Å². The average molecular weight is 446 g/mol. The number of thiazole rings is 1. The van der Waals surface area contributed by atoms with Crippen molar-refractivity contribution in [2.45, 2.75) is 26.5 Å². The lowest BCUT2D eigenvalue weighted by Gasteiger charge is -2.17. The number of aromatic nitrogens is 1. The maximum absolute atomic E-state index is 12.5. The minimum atomic E-state index is -0.489. The van der Waals surface area contributed by atoms with E-state index in [0.717, 1.165) is 16.3 Å². The first-order chi connectivity index (χ1) is 14.3. The molecule has 1 amide bonds. The van der Waals surface area contributed by atoms with Crippen LogP contribution in [0.1, 0.15) is 21.8 Å². The Morgan fingerprint density at radius 1 is 1.27 bits per heavy atom. The van der Waals surface area contributed by atoms with Crippen molar-refractivity contribution in [3.8, 4) is 5.75 Å². The standard InChI is InChI=1S/C21H20ClN3O4S/c1-14-3-6-18(7-4-14)29-12-20-23-16(13-30-20)10-21(26)24(2)11-15-9-17(25(27)28)5-8-19(15)22/h3-9,13H,10-12H2,1-2H3. The summed E-state index contributed by atoms with van der Waals surface area (Å²) in [5, 5.41) is 13.9. The zero-order valence-electron chi connectivity index (χ0n) is 16.5. The van der Waals surface area contributed by atoms with E-state index in [1.165, 1.54) is 34.4 Å².